The predicted octanol–water partition coefficient (Wildman–Crippen LogP) is 6.72. The SMILES string of the molecule is C=C(C)[C@@H]1C[C@@H](c2ccc(-c3ccccc3)cc2)[C@@H](CCCC)O[C@H]1c1cc(S(=O)(=O)NC)ccc1OCC(=O)O. The molecule has 0 saturated carbocycles. The van der Waals surface area contributed by atoms with E-state index in [1.807, 2.05) is 25.1 Å². The maximum Gasteiger partial charge on any atom is 0.341 e. The summed E-state index contributed by atoms with van der Waals surface area (Å²) in [6.45, 7) is 7.82. The number of unbranched alkanes of at least 4 members (excludes halogenated alkanes) is 1. The Morgan fingerprint density at radius 2 is 1.76 bits per heavy atom. The summed E-state index contributed by atoms with van der Waals surface area (Å²) in [6.07, 6.45) is 2.89. The molecular weight excluding hydrogens is 538 g/mol. The van der Waals surface area contributed by atoms with Gasteiger partial charge in [-0.3, -0.25) is 0 Å². The molecule has 1 saturated heterocycles. The molecule has 0 unspecified atom stereocenters. The molecule has 41 heavy (non-hydrogen) atoms. The van der Waals surface area contributed by atoms with Crippen LogP contribution >= 0.6 is 0 Å². The minimum atomic E-state index is -3.75. The van der Waals surface area contributed by atoms with E-state index in [2.05, 4.69) is 54.6 Å². The number of carboxylic acids is 1. The number of rotatable bonds is 12. The highest BCUT2D eigenvalue weighted by molar-refractivity contribution is 7.89. The van der Waals surface area contributed by atoms with Crippen LogP contribution in [0.2, 0.25) is 0 Å². The lowest BCUT2D eigenvalue weighted by Gasteiger charge is -2.43. The number of benzene rings is 3. The molecule has 2 N–H and O–H groups in total. The Hall–Kier alpha value is -3.46. The van der Waals surface area contributed by atoms with Gasteiger partial charge in [-0.15, -0.1) is 0 Å². The molecule has 1 heterocycles. The van der Waals surface area contributed by atoms with E-state index in [0.29, 0.717) is 11.3 Å². The number of hydrogen-bond donors (Lipinski definition) is 2. The maximum absolute atomic E-state index is 12.7. The van der Waals surface area contributed by atoms with Crippen LogP contribution in [0.5, 0.6) is 5.75 Å². The van der Waals surface area contributed by atoms with Crippen molar-refractivity contribution in [3.8, 4) is 16.9 Å². The van der Waals surface area contributed by atoms with E-state index < -0.39 is 28.7 Å². The van der Waals surface area contributed by atoms with E-state index in [1.165, 1.54) is 30.8 Å². The van der Waals surface area contributed by atoms with Crippen molar-refractivity contribution in [2.24, 2.45) is 5.92 Å². The first kappa shape index (κ1) is 30.5. The predicted molar refractivity (Wildman–Crippen MR) is 160 cm³/mol. The normalized spacial score (nSPS) is 20.9. The van der Waals surface area contributed by atoms with Crippen molar-refractivity contribution in [2.75, 3.05) is 13.7 Å². The van der Waals surface area contributed by atoms with Gasteiger partial charge >= 0.3 is 5.97 Å². The molecule has 1 fully saturated rings. The summed E-state index contributed by atoms with van der Waals surface area (Å²) in [5.74, 6) is -0.870. The van der Waals surface area contributed by atoms with Gasteiger partial charge in [0.25, 0.3) is 0 Å². The van der Waals surface area contributed by atoms with Crippen molar-refractivity contribution in [3.63, 3.8) is 0 Å². The van der Waals surface area contributed by atoms with E-state index in [1.54, 1.807) is 0 Å². The first-order valence-corrected chi connectivity index (χ1v) is 15.5. The molecule has 4 rings (SSSR count). The highest BCUT2D eigenvalue weighted by Gasteiger charge is 2.41. The molecule has 0 spiro atoms. The van der Waals surface area contributed by atoms with Crippen molar-refractivity contribution >= 4 is 16.0 Å². The summed E-state index contributed by atoms with van der Waals surface area (Å²) < 4.78 is 40.3. The van der Waals surface area contributed by atoms with Crippen LogP contribution < -0.4 is 9.46 Å². The third-order valence-corrected chi connectivity index (χ3v) is 9.19. The molecule has 0 amide bonds. The first-order valence-electron chi connectivity index (χ1n) is 14.0. The molecule has 0 aliphatic carbocycles. The lowest BCUT2D eigenvalue weighted by Crippen LogP contribution is -2.36. The van der Waals surface area contributed by atoms with Gasteiger partial charge in [0.2, 0.25) is 10.0 Å². The Morgan fingerprint density at radius 3 is 2.37 bits per heavy atom. The Morgan fingerprint density at radius 1 is 1.07 bits per heavy atom. The van der Waals surface area contributed by atoms with Gasteiger partial charge in [0, 0.05) is 17.4 Å². The molecule has 0 bridgehead atoms. The van der Waals surface area contributed by atoms with E-state index in [9.17, 15) is 18.3 Å². The van der Waals surface area contributed by atoms with E-state index >= 15 is 0 Å². The standard InChI is InChI=1S/C33H39NO6S/c1-5-6-12-31-28(25-15-13-24(14-16-25)23-10-8-7-9-11-23)20-27(22(2)3)33(40-31)29-19-26(41(37,38)34-4)17-18-30(29)39-21-32(35)36/h7-11,13-19,27-28,31,33-34H,2,5-6,12,20-21H2,1,3-4H3,(H,35,36)/t27-,28-,31+,33+/m0/s1. The van der Waals surface area contributed by atoms with E-state index in [-0.39, 0.29) is 22.8 Å². The van der Waals surface area contributed by atoms with Crippen molar-refractivity contribution < 1.29 is 27.8 Å². The number of carbonyl (C=O) groups is 1. The minimum Gasteiger partial charge on any atom is -0.482 e. The van der Waals surface area contributed by atoms with Crippen molar-refractivity contribution in [1.29, 1.82) is 0 Å². The zero-order chi connectivity index (χ0) is 29.6. The summed E-state index contributed by atoms with van der Waals surface area (Å²) in [6, 6.07) is 23.4. The third kappa shape index (κ3) is 7.25. The van der Waals surface area contributed by atoms with Crippen molar-refractivity contribution in [3.05, 3.63) is 96.1 Å². The Kier molecular flexibility index (Phi) is 10.0. The second kappa shape index (κ2) is 13.5. The Labute approximate surface area is 243 Å². The van der Waals surface area contributed by atoms with Crippen LogP contribution in [0.3, 0.4) is 0 Å². The maximum atomic E-state index is 12.7. The summed E-state index contributed by atoms with van der Waals surface area (Å²) >= 11 is 0. The number of ether oxygens (including phenoxy) is 2. The minimum absolute atomic E-state index is 0.0606. The van der Waals surface area contributed by atoms with Crippen LogP contribution in [0.15, 0.2) is 89.8 Å². The summed E-state index contributed by atoms with van der Waals surface area (Å²) in [5.41, 5.74) is 4.90. The number of hydrogen-bond acceptors (Lipinski definition) is 5. The van der Waals surface area contributed by atoms with Gasteiger partial charge in [-0.25, -0.2) is 17.9 Å². The van der Waals surface area contributed by atoms with Crippen LogP contribution in [-0.2, 0) is 19.6 Å². The smallest absolute Gasteiger partial charge is 0.341 e. The molecule has 3 aromatic rings. The van der Waals surface area contributed by atoms with Crippen LogP contribution in [0.4, 0.5) is 0 Å². The van der Waals surface area contributed by atoms with Crippen LogP contribution in [-0.4, -0.2) is 39.3 Å². The third-order valence-electron chi connectivity index (χ3n) is 7.78. The highest BCUT2D eigenvalue weighted by atomic mass is 32.2. The number of carboxylic acid groups (broad SMARTS) is 1. The molecule has 3 aromatic carbocycles. The number of sulfonamides is 1. The summed E-state index contributed by atoms with van der Waals surface area (Å²) in [5, 5.41) is 9.25. The summed E-state index contributed by atoms with van der Waals surface area (Å²) in [4.78, 5) is 11.4. The lowest BCUT2D eigenvalue weighted by molar-refractivity contribution is -0.139. The fourth-order valence-electron chi connectivity index (χ4n) is 5.56. The Balaban J connectivity index is 1.74. The van der Waals surface area contributed by atoms with Crippen LogP contribution in [0, 0.1) is 5.92 Å². The lowest BCUT2D eigenvalue weighted by atomic mass is 9.74. The van der Waals surface area contributed by atoms with Crippen molar-refractivity contribution in [2.45, 2.75) is 62.6 Å². The zero-order valence-electron chi connectivity index (χ0n) is 23.9. The molecule has 0 radical (unpaired) electrons. The van der Waals surface area contributed by atoms with Gasteiger partial charge in [0.1, 0.15) is 5.75 Å². The van der Waals surface area contributed by atoms with Crippen LogP contribution in [0.25, 0.3) is 11.1 Å². The zero-order valence-corrected chi connectivity index (χ0v) is 24.7. The first-order chi connectivity index (χ1) is 19.6. The molecule has 7 nitrogen and oxygen atoms in total. The fraction of sp³-hybridized carbons (Fsp3) is 0.364. The van der Waals surface area contributed by atoms with Crippen LogP contribution in [0.1, 0.15) is 62.7 Å². The average Bonchev–Trinajstić information content (AvgIpc) is 2.98. The topological polar surface area (TPSA) is 102 Å². The summed E-state index contributed by atoms with van der Waals surface area (Å²) in [7, 11) is -2.40. The molecule has 218 valence electrons. The van der Waals surface area contributed by atoms with Gasteiger partial charge in [-0.1, -0.05) is 86.5 Å². The molecular formula is C33H39NO6S. The monoisotopic (exact) mass is 577 g/mol. The van der Waals surface area contributed by atoms with Gasteiger partial charge in [0.15, 0.2) is 6.61 Å². The van der Waals surface area contributed by atoms with Gasteiger partial charge < -0.3 is 14.6 Å². The molecule has 1 aliphatic heterocycles. The van der Waals surface area contributed by atoms with E-state index in [4.69, 9.17) is 9.47 Å². The number of aliphatic carboxylic acids is 1. The molecule has 8 heteroatoms. The molecule has 4 atom stereocenters. The quantitative estimate of drug-likeness (QED) is 0.232. The average molecular weight is 578 g/mol. The second-order valence-electron chi connectivity index (χ2n) is 10.6. The van der Waals surface area contributed by atoms with E-state index in [0.717, 1.165) is 42.4 Å². The molecule has 1 aliphatic rings. The Bertz CT molecular complexity index is 1450. The fourth-order valence-corrected chi connectivity index (χ4v) is 6.33. The molecule has 0 aromatic heterocycles. The highest BCUT2D eigenvalue weighted by Crippen LogP contribution is 2.49. The second-order valence-corrected chi connectivity index (χ2v) is 12.5. The van der Waals surface area contributed by atoms with Gasteiger partial charge in [0.05, 0.1) is 17.1 Å². The largest absolute Gasteiger partial charge is 0.482 e. The number of nitrogens with one attached hydrogen (secondary N) is 1. The van der Waals surface area contributed by atoms with Crippen molar-refractivity contribution in [1.82, 2.24) is 4.72 Å². The van der Waals surface area contributed by atoms with Gasteiger partial charge in [-0.2, -0.15) is 0 Å². The van der Waals surface area contributed by atoms with Gasteiger partial charge in [-0.05, 0) is 61.7 Å².